The van der Waals surface area contributed by atoms with Gasteiger partial charge in [-0.05, 0) is 31.9 Å². The predicted octanol–water partition coefficient (Wildman–Crippen LogP) is 5.36. The molecule has 3 heterocycles. The highest BCUT2D eigenvalue weighted by Crippen LogP contribution is 2.39. The molecule has 1 aliphatic heterocycles. The summed E-state index contributed by atoms with van der Waals surface area (Å²) in [5, 5.41) is 7.31. The van der Waals surface area contributed by atoms with Crippen molar-refractivity contribution in [1.29, 1.82) is 0 Å². The third-order valence-corrected chi connectivity index (χ3v) is 9.41. The summed E-state index contributed by atoms with van der Waals surface area (Å²) in [5.41, 5.74) is 3.49. The van der Waals surface area contributed by atoms with Crippen LogP contribution in [0.2, 0.25) is 0 Å². The predicted molar refractivity (Wildman–Crippen MR) is 138 cm³/mol. The van der Waals surface area contributed by atoms with Crippen LogP contribution in [0.25, 0.3) is 22.5 Å². The third kappa shape index (κ3) is 4.52. The highest BCUT2D eigenvalue weighted by Gasteiger charge is 2.33. The van der Waals surface area contributed by atoms with Gasteiger partial charge in [-0.1, -0.05) is 35.5 Å². The third-order valence-electron chi connectivity index (χ3n) is 6.48. The van der Waals surface area contributed by atoms with Crippen molar-refractivity contribution in [2.24, 2.45) is 0 Å². The van der Waals surface area contributed by atoms with Crippen molar-refractivity contribution >= 4 is 21.4 Å². The lowest BCUT2D eigenvalue weighted by Gasteiger charge is -2.30. The summed E-state index contributed by atoms with van der Waals surface area (Å²) in [6.07, 6.45) is 1.37. The summed E-state index contributed by atoms with van der Waals surface area (Å²) in [6.45, 7) is 2.71. The maximum atomic E-state index is 13.4. The summed E-state index contributed by atoms with van der Waals surface area (Å²) < 4.78 is 44.4. The molecule has 188 valence electrons. The van der Waals surface area contributed by atoms with Crippen LogP contribution in [0.4, 0.5) is 0 Å². The first-order valence-corrected chi connectivity index (χ1v) is 13.9. The molecule has 36 heavy (non-hydrogen) atoms. The first-order chi connectivity index (χ1) is 17.4. The number of benzene rings is 2. The summed E-state index contributed by atoms with van der Waals surface area (Å²) >= 11 is 1.60. The number of piperidine rings is 1. The minimum atomic E-state index is -3.72. The van der Waals surface area contributed by atoms with Crippen LogP contribution in [-0.4, -0.2) is 50.2 Å². The molecule has 0 spiro atoms. The SMILES string of the molecule is COc1ccc(OC)c(S(=O)(=O)N2CCC(c3nc(-c4c(-c5ccccc5)noc4C)cs3)CC2)c1. The van der Waals surface area contributed by atoms with Gasteiger partial charge in [0.1, 0.15) is 27.8 Å². The summed E-state index contributed by atoms with van der Waals surface area (Å²) in [7, 11) is -0.749. The second-order valence-corrected chi connectivity index (χ2v) is 11.4. The first-order valence-electron chi connectivity index (χ1n) is 11.6. The van der Waals surface area contributed by atoms with E-state index >= 15 is 0 Å². The maximum absolute atomic E-state index is 13.4. The van der Waals surface area contributed by atoms with Crippen molar-refractivity contribution in [3.63, 3.8) is 0 Å². The fourth-order valence-electron chi connectivity index (χ4n) is 4.52. The Kier molecular flexibility index (Phi) is 6.83. The molecule has 0 radical (unpaired) electrons. The molecular weight excluding hydrogens is 498 g/mol. The minimum Gasteiger partial charge on any atom is -0.497 e. The van der Waals surface area contributed by atoms with Gasteiger partial charge >= 0.3 is 0 Å². The molecular formula is C26H27N3O5S2. The van der Waals surface area contributed by atoms with Gasteiger partial charge in [-0.25, -0.2) is 13.4 Å². The van der Waals surface area contributed by atoms with E-state index in [4.69, 9.17) is 19.0 Å². The molecule has 10 heteroatoms. The Balaban J connectivity index is 1.34. The molecule has 2 aromatic carbocycles. The molecule has 0 unspecified atom stereocenters. The lowest BCUT2D eigenvalue weighted by atomic mass is 9.99. The van der Waals surface area contributed by atoms with Crippen LogP contribution in [0.15, 0.2) is 63.3 Å². The van der Waals surface area contributed by atoms with E-state index in [1.54, 1.807) is 23.5 Å². The number of sulfonamides is 1. The Labute approximate surface area is 214 Å². The molecule has 1 aliphatic rings. The van der Waals surface area contributed by atoms with Crippen molar-refractivity contribution in [2.75, 3.05) is 27.3 Å². The highest BCUT2D eigenvalue weighted by molar-refractivity contribution is 7.89. The number of ether oxygens (including phenoxy) is 2. The molecule has 0 bridgehead atoms. The van der Waals surface area contributed by atoms with Gasteiger partial charge < -0.3 is 14.0 Å². The van der Waals surface area contributed by atoms with E-state index < -0.39 is 10.0 Å². The number of hydrogen-bond acceptors (Lipinski definition) is 8. The Bertz CT molecular complexity index is 1460. The van der Waals surface area contributed by atoms with Crippen LogP contribution in [0, 0.1) is 6.92 Å². The Morgan fingerprint density at radius 2 is 1.81 bits per heavy atom. The van der Waals surface area contributed by atoms with E-state index in [1.807, 2.05) is 42.6 Å². The van der Waals surface area contributed by atoms with Crippen molar-refractivity contribution in [2.45, 2.75) is 30.6 Å². The zero-order chi connectivity index (χ0) is 25.3. The lowest BCUT2D eigenvalue weighted by molar-refractivity contribution is 0.316. The van der Waals surface area contributed by atoms with E-state index in [-0.39, 0.29) is 10.8 Å². The molecule has 0 atom stereocenters. The van der Waals surface area contributed by atoms with Gasteiger partial charge in [-0.15, -0.1) is 11.3 Å². The first kappa shape index (κ1) is 24.5. The fourth-order valence-corrected chi connectivity index (χ4v) is 7.15. The normalized spacial score (nSPS) is 15.2. The molecule has 5 rings (SSSR count). The van der Waals surface area contributed by atoms with E-state index in [9.17, 15) is 8.42 Å². The van der Waals surface area contributed by atoms with Gasteiger partial charge in [0.2, 0.25) is 10.0 Å². The molecule has 1 saturated heterocycles. The largest absolute Gasteiger partial charge is 0.497 e. The van der Waals surface area contributed by atoms with Crippen LogP contribution >= 0.6 is 11.3 Å². The summed E-state index contributed by atoms with van der Waals surface area (Å²) in [4.78, 5) is 5.05. The average molecular weight is 526 g/mol. The molecule has 0 N–H and O–H groups in total. The standard InChI is InChI=1S/C26H27N3O5S2/c1-17-24(25(28-34-17)18-7-5-4-6-8-18)21-16-35-26(27-21)19-11-13-29(14-12-19)36(30,31)23-15-20(32-2)9-10-22(23)33-3/h4-10,15-16,19H,11-14H2,1-3H3. The van der Waals surface area contributed by atoms with Crippen LogP contribution in [-0.2, 0) is 10.0 Å². The highest BCUT2D eigenvalue weighted by atomic mass is 32.2. The van der Waals surface area contributed by atoms with Crippen molar-refractivity contribution < 1.29 is 22.4 Å². The van der Waals surface area contributed by atoms with Gasteiger partial charge in [0, 0.05) is 36.0 Å². The quantitative estimate of drug-likeness (QED) is 0.321. The van der Waals surface area contributed by atoms with Crippen LogP contribution in [0.1, 0.15) is 29.5 Å². The minimum absolute atomic E-state index is 0.121. The molecule has 0 saturated carbocycles. The van der Waals surface area contributed by atoms with E-state index in [0.717, 1.165) is 33.3 Å². The number of thiazole rings is 1. The Hall–Kier alpha value is -3.21. The van der Waals surface area contributed by atoms with E-state index in [1.165, 1.54) is 24.6 Å². The van der Waals surface area contributed by atoms with Gasteiger partial charge in [-0.3, -0.25) is 0 Å². The Morgan fingerprint density at radius 1 is 1.06 bits per heavy atom. The second-order valence-electron chi connectivity index (χ2n) is 8.59. The summed E-state index contributed by atoms with van der Waals surface area (Å²) in [6, 6.07) is 14.7. The summed E-state index contributed by atoms with van der Waals surface area (Å²) in [5.74, 6) is 1.68. The van der Waals surface area contributed by atoms with Gasteiger partial charge in [-0.2, -0.15) is 4.31 Å². The van der Waals surface area contributed by atoms with Gasteiger partial charge in [0.15, 0.2) is 0 Å². The number of methoxy groups -OCH3 is 2. The number of hydrogen-bond donors (Lipinski definition) is 0. The van der Waals surface area contributed by atoms with E-state index in [2.05, 4.69) is 5.16 Å². The maximum Gasteiger partial charge on any atom is 0.246 e. The lowest BCUT2D eigenvalue weighted by Crippen LogP contribution is -2.38. The monoisotopic (exact) mass is 525 g/mol. The molecule has 0 amide bonds. The number of aryl methyl sites for hydroxylation is 1. The molecule has 0 aliphatic carbocycles. The number of aromatic nitrogens is 2. The molecule has 1 fully saturated rings. The smallest absolute Gasteiger partial charge is 0.246 e. The number of rotatable bonds is 7. The van der Waals surface area contributed by atoms with E-state index in [0.29, 0.717) is 37.4 Å². The molecule has 8 nitrogen and oxygen atoms in total. The van der Waals surface area contributed by atoms with Crippen LogP contribution in [0.5, 0.6) is 11.5 Å². The zero-order valence-corrected chi connectivity index (χ0v) is 21.9. The van der Waals surface area contributed by atoms with Gasteiger partial charge in [0.25, 0.3) is 0 Å². The van der Waals surface area contributed by atoms with Crippen molar-refractivity contribution in [3.8, 4) is 34.0 Å². The van der Waals surface area contributed by atoms with Crippen molar-refractivity contribution in [3.05, 3.63) is 64.7 Å². The molecule has 2 aromatic heterocycles. The van der Waals surface area contributed by atoms with Crippen LogP contribution in [0.3, 0.4) is 0 Å². The topological polar surface area (TPSA) is 94.8 Å². The second kappa shape index (κ2) is 10.0. The zero-order valence-electron chi connectivity index (χ0n) is 20.3. The average Bonchev–Trinajstić information content (AvgIpc) is 3.55. The van der Waals surface area contributed by atoms with Gasteiger partial charge in [0.05, 0.1) is 30.5 Å². The Morgan fingerprint density at radius 3 is 2.50 bits per heavy atom. The molecule has 4 aromatic rings. The number of nitrogens with zero attached hydrogens (tertiary/aromatic N) is 3. The van der Waals surface area contributed by atoms with Crippen molar-refractivity contribution in [1.82, 2.24) is 14.4 Å². The fraction of sp³-hybridized carbons (Fsp3) is 0.308. The van der Waals surface area contributed by atoms with Crippen LogP contribution < -0.4 is 9.47 Å².